The number of likely N-dealkylation sites (tertiary alicyclic amines) is 1. The van der Waals surface area contributed by atoms with E-state index in [4.69, 9.17) is 4.74 Å². The Balaban J connectivity index is 1.76. The zero-order valence-electron chi connectivity index (χ0n) is 12.4. The van der Waals surface area contributed by atoms with Crippen LogP contribution in [0, 0.1) is 17.3 Å². The molecule has 0 aromatic carbocycles. The fraction of sp³-hybridized carbons (Fsp3) is 0.867. The molecule has 1 saturated heterocycles. The number of carbonyl (C=O) groups is 2. The second-order valence-electron chi connectivity index (χ2n) is 7.75. The molecule has 5 heteroatoms. The molecule has 2 aliphatic carbocycles. The Labute approximate surface area is 119 Å². The number of carbonyl (C=O) groups excluding carboxylic acids is 1. The topological polar surface area (TPSA) is 66.8 Å². The maximum Gasteiger partial charge on any atom is 0.411 e. The van der Waals surface area contributed by atoms with Crippen molar-refractivity contribution in [1.82, 2.24) is 4.90 Å². The first-order valence-electron chi connectivity index (χ1n) is 7.43. The van der Waals surface area contributed by atoms with E-state index in [1.54, 1.807) is 20.8 Å². The van der Waals surface area contributed by atoms with Gasteiger partial charge in [-0.15, -0.1) is 0 Å². The van der Waals surface area contributed by atoms with Gasteiger partial charge in [-0.2, -0.15) is 0 Å². The molecule has 1 spiro atoms. The molecular formula is C15H23NO4. The maximum absolute atomic E-state index is 12.2. The van der Waals surface area contributed by atoms with E-state index in [1.165, 1.54) is 17.7 Å². The number of ether oxygens (including phenoxy) is 1. The van der Waals surface area contributed by atoms with Crippen LogP contribution in [0.25, 0.3) is 0 Å². The molecule has 0 bridgehead atoms. The fourth-order valence-corrected chi connectivity index (χ4v) is 4.03. The van der Waals surface area contributed by atoms with Crippen LogP contribution in [0.15, 0.2) is 0 Å². The molecule has 0 aromatic heterocycles. The molecule has 2 saturated carbocycles. The first-order valence-corrected chi connectivity index (χ1v) is 7.43. The molecular weight excluding hydrogens is 258 g/mol. The van der Waals surface area contributed by atoms with E-state index in [0.29, 0.717) is 17.9 Å². The van der Waals surface area contributed by atoms with E-state index in [9.17, 15) is 14.7 Å². The molecule has 0 aromatic rings. The molecule has 0 unspecified atom stereocenters. The summed E-state index contributed by atoms with van der Waals surface area (Å²) in [6, 6.07) is -0.699. The monoisotopic (exact) mass is 281 g/mol. The van der Waals surface area contributed by atoms with Crippen LogP contribution in [0.4, 0.5) is 4.79 Å². The van der Waals surface area contributed by atoms with Crippen LogP contribution in [0.1, 0.15) is 46.5 Å². The molecule has 3 atom stereocenters. The molecule has 1 amide bonds. The van der Waals surface area contributed by atoms with Crippen molar-refractivity contribution in [3.05, 3.63) is 0 Å². The summed E-state index contributed by atoms with van der Waals surface area (Å²) in [4.78, 5) is 25.3. The average molecular weight is 281 g/mol. The summed E-state index contributed by atoms with van der Waals surface area (Å²) >= 11 is 0. The number of carboxylic acids is 1. The van der Waals surface area contributed by atoms with E-state index in [2.05, 4.69) is 0 Å². The molecule has 1 N–H and O–H groups in total. The molecule has 0 radical (unpaired) electrons. The largest absolute Gasteiger partial charge is 0.480 e. The van der Waals surface area contributed by atoms with Gasteiger partial charge in [0, 0.05) is 6.54 Å². The predicted octanol–water partition coefficient (Wildman–Crippen LogP) is 2.50. The van der Waals surface area contributed by atoms with Crippen molar-refractivity contribution in [1.29, 1.82) is 0 Å². The summed E-state index contributed by atoms with van der Waals surface area (Å²) in [6.45, 7) is 5.95. The van der Waals surface area contributed by atoms with Gasteiger partial charge in [0.15, 0.2) is 0 Å². The van der Waals surface area contributed by atoms with Crippen molar-refractivity contribution < 1.29 is 19.4 Å². The number of amides is 1. The lowest BCUT2D eigenvalue weighted by Crippen LogP contribution is -2.45. The number of rotatable bonds is 1. The van der Waals surface area contributed by atoms with Crippen molar-refractivity contribution >= 4 is 12.1 Å². The Kier molecular flexibility index (Phi) is 2.82. The summed E-state index contributed by atoms with van der Waals surface area (Å²) in [7, 11) is 0. The highest BCUT2D eigenvalue weighted by Crippen LogP contribution is 2.64. The molecule has 5 nitrogen and oxygen atoms in total. The lowest BCUT2D eigenvalue weighted by atomic mass is 9.94. The highest BCUT2D eigenvalue weighted by atomic mass is 16.6. The predicted molar refractivity (Wildman–Crippen MR) is 72.2 cm³/mol. The number of hydrogen-bond donors (Lipinski definition) is 1. The lowest BCUT2D eigenvalue weighted by molar-refractivity contribution is -0.143. The maximum atomic E-state index is 12.2. The van der Waals surface area contributed by atoms with Gasteiger partial charge >= 0.3 is 12.1 Å². The highest BCUT2D eigenvalue weighted by Gasteiger charge is 2.60. The molecule has 3 aliphatic rings. The van der Waals surface area contributed by atoms with E-state index in [0.717, 1.165) is 12.8 Å². The van der Waals surface area contributed by atoms with Crippen LogP contribution in [0.2, 0.25) is 0 Å². The van der Waals surface area contributed by atoms with Crippen LogP contribution >= 0.6 is 0 Å². The zero-order chi connectivity index (χ0) is 14.7. The summed E-state index contributed by atoms with van der Waals surface area (Å²) < 4.78 is 5.36. The van der Waals surface area contributed by atoms with Gasteiger partial charge in [0.25, 0.3) is 0 Å². The minimum absolute atomic E-state index is 0.113. The SMILES string of the molecule is CC(C)(C)OC(=O)N1C[C@@H]2CC3(CC3)C[C@@H]2[C@H]1C(=O)O. The average Bonchev–Trinajstić information content (AvgIpc) is 2.75. The van der Waals surface area contributed by atoms with E-state index >= 15 is 0 Å². The van der Waals surface area contributed by atoms with Crippen molar-refractivity contribution in [2.45, 2.75) is 58.1 Å². The number of nitrogens with zero attached hydrogens (tertiary/aromatic N) is 1. The number of carboxylic acid groups (broad SMARTS) is 1. The van der Waals surface area contributed by atoms with Crippen LogP contribution in [0.5, 0.6) is 0 Å². The third-order valence-electron chi connectivity index (χ3n) is 4.98. The van der Waals surface area contributed by atoms with Crippen LogP contribution < -0.4 is 0 Å². The first-order chi connectivity index (χ1) is 9.21. The molecule has 3 rings (SSSR count). The molecule has 1 aliphatic heterocycles. The Morgan fingerprint density at radius 3 is 2.40 bits per heavy atom. The summed E-state index contributed by atoms with van der Waals surface area (Å²) in [5, 5.41) is 9.52. The van der Waals surface area contributed by atoms with Gasteiger partial charge in [0.05, 0.1) is 0 Å². The van der Waals surface area contributed by atoms with Crippen molar-refractivity contribution in [3.63, 3.8) is 0 Å². The number of hydrogen-bond acceptors (Lipinski definition) is 3. The summed E-state index contributed by atoms with van der Waals surface area (Å²) in [5.74, 6) is -0.435. The molecule has 20 heavy (non-hydrogen) atoms. The molecule has 1 heterocycles. The quantitative estimate of drug-likeness (QED) is 0.802. The fourth-order valence-electron chi connectivity index (χ4n) is 4.03. The smallest absolute Gasteiger partial charge is 0.411 e. The van der Waals surface area contributed by atoms with E-state index in [1.807, 2.05) is 0 Å². The normalized spacial score (nSPS) is 34.1. The Bertz CT molecular complexity index is 449. The number of aliphatic carboxylic acids is 1. The zero-order valence-corrected chi connectivity index (χ0v) is 12.4. The van der Waals surface area contributed by atoms with Gasteiger partial charge in [-0.05, 0) is 63.7 Å². The summed E-state index contributed by atoms with van der Waals surface area (Å²) in [6.07, 6.45) is 4.04. The second kappa shape index (κ2) is 4.12. The second-order valence-corrected chi connectivity index (χ2v) is 7.75. The minimum atomic E-state index is -0.888. The summed E-state index contributed by atoms with van der Waals surface area (Å²) in [5.41, 5.74) is -0.168. The first kappa shape index (κ1) is 13.7. The van der Waals surface area contributed by atoms with Crippen LogP contribution in [0.3, 0.4) is 0 Å². The van der Waals surface area contributed by atoms with Gasteiger partial charge < -0.3 is 9.84 Å². The minimum Gasteiger partial charge on any atom is -0.480 e. The lowest BCUT2D eigenvalue weighted by Gasteiger charge is -2.28. The van der Waals surface area contributed by atoms with E-state index in [-0.39, 0.29) is 5.92 Å². The van der Waals surface area contributed by atoms with Crippen LogP contribution in [-0.2, 0) is 9.53 Å². The van der Waals surface area contributed by atoms with Crippen molar-refractivity contribution in [3.8, 4) is 0 Å². The van der Waals surface area contributed by atoms with Gasteiger partial charge in [-0.3, -0.25) is 4.90 Å². The third kappa shape index (κ3) is 2.27. The van der Waals surface area contributed by atoms with Crippen LogP contribution in [-0.4, -0.2) is 40.3 Å². The molecule has 3 fully saturated rings. The van der Waals surface area contributed by atoms with Gasteiger partial charge in [-0.1, -0.05) is 0 Å². The third-order valence-corrected chi connectivity index (χ3v) is 4.98. The Morgan fingerprint density at radius 1 is 1.25 bits per heavy atom. The van der Waals surface area contributed by atoms with Gasteiger partial charge in [0.1, 0.15) is 11.6 Å². The Hall–Kier alpha value is -1.26. The van der Waals surface area contributed by atoms with E-state index < -0.39 is 23.7 Å². The molecule has 112 valence electrons. The highest BCUT2D eigenvalue weighted by molar-refractivity contribution is 5.81. The standard InChI is InChI=1S/C15H23NO4/c1-14(2,3)20-13(19)16-8-9-6-15(4-5-15)7-10(9)11(16)12(17)18/h9-11H,4-8H2,1-3H3,(H,17,18)/t9-,10-,11-/m0/s1. The van der Waals surface area contributed by atoms with Gasteiger partial charge in [0.2, 0.25) is 0 Å². The van der Waals surface area contributed by atoms with Crippen molar-refractivity contribution in [2.24, 2.45) is 17.3 Å². The van der Waals surface area contributed by atoms with Crippen molar-refractivity contribution in [2.75, 3.05) is 6.54 Å². The van der Waals surface area contributed by atoms with Gasteiger partial charge in [-0.25, -0.2) is 9.59 Å². The Morgan fingerprint density at radius 2 is 1.90 bits per heavy atom. The number of fused-ring (bicyclic) bond motifs is 1.